The summed E-state index contributed by atoms with van der Waals surface area (Å²) in [4.78, 5) is 13.8. The van der Waals surface area contributed by atoms with Crippen LogP contribution in [0, 0.1) is 0 Å². The Hall–Kier alpha value is -0.770. The number of nitrogens with zero attached hydrogens (tertiary/aromatic N) is 1. The van der Waals surface area contributed by atoms with Crippen LogP contribution in [0.25, 0.3) is 0 Å². The summed E-state index contributed by atoms with van der Waals surface area (Å²) in [7, 11) is 0. The SMILES string of the molecule is CC(C)(C)OC(=O)N1CCCCC1CC[OH2+]. The van der Waals surface area contributed by atoms with Gasteiger partial charge in [0.2, 0.25) is 0 Å². The van der Waals surface area contributed by atoms with Gasteiger partial charge in [-0.3, -0.25) is 0 Å². The van der Waals surface area contributed by atoms with E-state index >= 15 is 0 Å². The lowest BCUT2D eigenvalue weighted by molar-refractivity contribution is 0.00706. The third-order valence-electron chi connectivity index (χ3n) is 2.73. The minimum Gasteiger partial charge on any atom is -0.445 e. The van der Waals surface area contributed by atoms with Crippen LogP contribution in [0.4, 0.5) is 4.79 Å². The lowest BCUT2D eigenvalue weighted by Crippen LogP contribution is -2.46. The fraction of sp³-hybridized carbons (Fsp3) is 0.917. The molecule has 1 amide bonds. The summed E-state index contributed by atoms with van der Waals surface area (Å²) in [5.74, 6) is 0. The number of carbonyl (C=O) groups is 1. The van der Waals surface area contributed by atoms with E-state index in [2.05, 4.69) is 0 Å². The topological polar surface area (TPSA) is 52.4 Å². The zero-order valence-electron chi connectivity index (χ0n) is 10.6. The largest absolute Gasteiger partial charge is 0.445 e. The fourth-order valence-electron chi connectivity index (χ4n) is 2.03. The predicted molar refractivity (Wildman–Crippen MR) is 63.7 cm³/mol. The molecular weight excluding hydrogens is 206 g/mol. The summed E-state index contributed by atoms with van der Waals surface area (Å²) in [6.07, 6.45) is 3.76. The van der Waals surface area contributed by atoms with Gasteiger partial charge in [-0.1, -0.05) is 0 Å². The number of likely N-dealkylation sites (tertiary alicyclic amines) is 1. The van der Waals surface area contributed by atoms with Gasteiger partial charge >= 0.3 is 6.09 Å². The van der Waals surface area contributed by atoms with Crippen molar-refractivity contribution in [1.82, 2.24) is 4.90 Å². The number of hydrogen-bond acceptors (Lipinski definition) is 2. The fourth-order valence-corrected chi connectivity index (χ4v) is 2.03. The Morgan fingerprint density at radius 3 is 2.69 bits per heavy atom. The van der Waals surface area contributed by atoms with Gasteiger partial charge in [0.25, 0.3) is 0 Å². The maximum absolute atomic E-state index is 11.9. The van der Waals surface area contributed by atoms with E-state index in [9.17, 15) is 4.79 Å². The van der Waals surface area contributed by atoms with Crippen molar-refractivity contribution in [1.29, 1.82) is 0 Å². The molecule has 94 valence electrons. The molecule has 1 atom stereocenters. The van der Waals surface area contributed by atoms with Gasteiger partial charge in [0.15, 0.2) is 0 Å². The molecule has 0 aromatic carbocycles. The summed E-state index contributed by atoms with van der Waals surface area (Å²) in [5, 5.41) is 7.27. The molecule has 1 aliphatic rings. The Kier molecular flexibility index (Phi) is 4.59. The van der Waals surface area contributed by atoms with Gasteiger partial charge in [-0.05, 0) is 40.0 Å². The first-order valence-corrected chi connectivity index (χ1v) is 6.08. The van der Waals surface area contributed by atoms with Gasteiger partial charge < -0.3 is 14.7 Å². The molecule has 0 radical (unpaired) electrons. The van der Waals surface area contributed by atoms with Gasteiger partial charge in [-0.2, -0.15) is 0 Å². The highest BCUT2D eigenvalue weighted by atomic mass is 16.6. The lowest BCUT2D eigenvalue weighted by Gasteiger charge is -2.36. The minimum absolute atomic E-state index is 0.209. The molecule has 0 aromatic heterocycles. The Balaban J connectivity index is 2.57. The molecule has 1 fully saturated rings. The maximum atomic E-state index is 11.9. The molecular formula is C12H24NO3+. The lowest BCUT2D eigenvalue weighted by atomic mass is 10.0. The van der Waals surface area contributed by atoms with E-state index in [0.29, 0.717) is 6.61 Å². The van der Waals surface area contributed by atoms with Crippen molar-refractivity contribution in [3.8, 4) is 0 Å². The van der Waals surface area contributed by atoms with E-state index in [4.69, 9.17) is 9.84 Å². The first-order valence-electron chi connectivity index (χ1n) is 6.08. The quantitative estimate of drug-likeness (QED) is 0.680. The van der Waals surface area contributed by atoms with Gasteiger partial charge in [0, 0.05) is 19.0 Å². The average Bonchev–Trinajstić information content (AvgIpc) is 2.16. The number of hydrogen-bond donors (Lipinski definition) is 0. The zero-order valence-corrected chi connectivity index (χ0v) is 10.6. The zero-order chi connectivity index (χ0) is 12.2. The van der Waals surface area contributed by atoms with Gasteiger partial charge in [-0.15, -0.1) is 0 Å². The summed E-state index contributed by atoms with van der Waals surface area (Å²) in [6, 6.07) is 0.209. The molecule has 4 nitrogen and oxygen atoms in total. The third-order valence-corrected chi connectivity index (χ3v) is 2.73. The molecule has 0 spiro atoms. The average molecular weight is 230 g/mol. The van der Waals surface area contributed by atoms with Crippen molar-refractivity contribution in [2.75, 3.05) is 13.2 Å². The number of ether oxygens (including phenoxy) is 1. The summed E-state index contributed by atoms with van der Waals surface area (Å²) in [6.45, 7) is 6.81. The van der Waals surface area contributed by atoms with Crippen LogP contribution in [-0.2, 0) is 4.74 Å². The van der Waals surface area contributed by atoms with E-state index in [0.717, 1.165) is 32.2 Å². The van der Waals surface area contributed by atoms with Crippen LogP contribution in [0.15, 0.2) is 0 Å². The second-order valence-corrected chi connectivity index (χ2v) is 5.36. The van der Waals surface area contributed by atoms with Crippen molar-refractivity contribution in [3.05, 3.63) is 0 Å². The summed E-state index contributed by atoms with van der Waals surface area (Å²) in [5.41, 5.74) is -0.431. The van der Waals surface area contributed by atoms with Crippen molar-refractivity contribution in [3.63, 3.8) is 0 Å². The van der Waals surface area contributed by atoms with E-state index < -0.39 is 5.60 Å². The maximum Gasteiger partial charge on any atom is 0.410 e. The van der Waals surface area contributed by atoms with E-state index in [-0.39, 0.29) is 12.1 Å². The molecule has 1 heterocycles. The second-order valence-electron chi connectivity index (χ2n) is 5.36. The number of rotatable bonds is 2. The highest BCUT2D eigenvalue weighted by Gasteiger charge is 2.30. The molecule has 1 aliphatic heterocycles. The highest BCUT2D eigenvalue weighted by molar-refractivity contribution is 5.68. The summed E-state index contributed by atoms with van der Waals surface area (Å²) < 4.78 is 5.38. The predicted octanol–water partition coefficient (Wildman–Crippen LogP) is 1.89. The Morgan fingerprint density at radius 1 is 1.44 bits per heavy atom. The number of piperidine rings is 1. The molecule has 0 saturated carbocycles. The molecule has 1 rings (SSSR count). The highest BCUT2D eigenvalue weighted by Crippen LogP contribution is 2.22. The van der Waals surface area contributed by atoms with Crippen LogP contribution in [0.1, 0.15) is 46.5 Å². The van der Waals surface area contributed by atoms with Crippen LogP contribution in [0.3, 0.4) is 0 Å². The van der Waals surface area contributed by atoms with Crippen LogP contribution in [0.5, 0.6) is 0 Å². The molecule has 1 saturated heterocycles. The normalized spacial score (nSPS) is 22.0. The van der Waals surface area contributed by atoms with Crippen LogP contribution in [0.2, 0.25) is 0 Å². The summed E-state index contributed by atoms with van der Waals surface area (Å²) >= 11 is 0. The standard InChI is InChI=1S/C12H23NO3/c1-12(2,3)16-11(15)13-8-5-4-6-10(13)7-9-14/h10,14H,4-9H2,1-3H3/p+1. The first-order chi connectivity index (χ1) is 7.44. The Morgan fingerprint density at radius 2 is 2.12 bits per heavy atom. The van der Waals surface area contributed by atoms with Gasteiger partial charge in [0.1, 0.15) is 12.2 Å². The van der Waals surface area contributed by atoms with Crippen molar-refractivity contribution >= 4 is 6.09 Å². The van der Waals surface area contributed by atoms with Crippen molar-refractivity contribution < 1.29 is 14.6 Å². The van der Waals surface area contributed by atoms with E-state index in [1.807, 2.05) is 25.7 Å². The van der Waals surface area contributed by atoms with Crippen LogP contribution >= 0.6 is 0 Å². The molecule has 0 aliphatic carbocycles. The van der Waals surface area contributed by atoms with Gasteiger partial charge in [0.05, 0.1) is 0 Å². The Labute approximate surface area is 97.6 Å². The van der Waals surface area contributed by atoms with E-state index in [1.165, 1.54) is 0 Å². The van der Waals surface area contributed by atoms with Crippen LogP contribution < -0.4 is 0 Å². The molecule has 0 bridgehead atoms. The molecule has 16 heavy (non-hydrogen) atoms. The first kappa shape index (κ1) is 13.3. The number of amides is 1. The second kappa shape index (κ2) is 5.53. The minimum atomic E-state index is -0.431. The molecule has 4 heteroatoms. The van der Waals surface area contributed by atoms with E-state index in [1.54, 1.807) is 0 Å². The van der Waals surface area contributed by atoms with Crippen molar-refractivity contribution in [2.24, 2.45) is 0 Å². The Bertz CT molecular complexity index is 233. The molecule has 1 unspecified atom stereocenters. The monoisotopic (exact) mass is 230 g/mol. The van der Waals surface area contributed by atoms with Crippen molar-refractivity contribution in [2.45, 2.75) is 58.1 Å². The molecule has 2 N–H and O–H groups in total. The third kappa shape index (κ3) is 4.00. The number of carbonyl (C=O) groups excluding carboxylic acids is 1. The molecule has 0 aromatic rings. The smallest absolute Gasteiger partial charge is 0.410 e. The van der Waals surface area contributed by atoms with Crippen LogP contribution in [-0.4, -0.2) is 40.9 Å². The van der Waals surface area contributed by atoms with Gasteiger partial charge in [-0.25, -0.2) is 4.79 Å².